The number of ether oxygens (including phenoxy) is 4. The second kappa shape index (κ2) is 26.8. The number of carbonyl (C=O) groups is 1. The molecule has 0 bridgehead atoms. The van der Waals surface area contributed by atoms with Crippen LogP contribution in [0.1, 0.15) is 124 Å². The molecule has 0 spiro atoms. The minimum Gasteiger partial charge on any atom is -0.494 e. The third kappa shape index (κ3) is 17.1. The van der Waals surface area contributed by atoms with Gasteiger partial charge in [0, 0.05) is 6.07 Å². The van der Waals surface area contributed by atoms with E-state index in [1.807, 2.05) is 72.8 Å². The highest BCUT2D eigenvalue weighted by atomic mass is 16.5. The van der Waals surface area contributed by atoms with Gasteiger partial charge in [-0.15, -0.1) is 0 Å². The molecule has 0 aliphatic rings. The van der Waals surface area contributed by atoms with Crippen LogP contribution >= 0.6 is 0 Å². The van der Waals surface area contributed by atoms with Gasteiger partial charge < -0.3 is 24.1 Å². The molecule has 0 saturated heterocycles. The summed E-state index contributed by atoms with van der Waals surface area (Å²) in [6.07, 6.45) is 17.9. The molecule has 0 heterocycles. The summed E-state index contributed by atoms with van der Waals surface area (Å²) in [5.74, 6) is 1.86. The van der Waals surface area contributed by atoms with Crippen LogP contribution in [-0.4, -0.2) is 37.5 Å². The van der Waals surface area contributed by atoms with Crippen molar-refractivity contribution in [3.05, 3.63) is 132 Å². The van der Waals surface area contributed by atoms with E-state index < -0.39 is 5.97 Å². The highest BCUT2D eigenvalue weighted by Crippen LogP contribution is 2.26. The van der Waals surface area contributed by atoms with Crippen molar-refractivity contribution >= 4 is 5.97 Å². The Labute approximate surface area is 362 Å². The van der Waals surface area contributed by atoms with E-state index in [4.69, 9.17) is 29.5 Å². The molecule has 0 fully saturated rings. The van der Waals surface area contributed by atoms with Gasteiger partial charge in [0.05, 0.1) is 55.3 Å². The number of carboxylic acid groups (broad SMARTS) is 1. The molecule has 5 aromatic rings. The number of hydrogen-bond donors (Lipinski definition) is 1. The molecule has 8 nitrogen and oxygen atoms in total. The van der Waals surface area contributed by atoms with E-state index in [9.17, 15) is 9.90 Å². The van der Waals surface area contributed by atoms with Gasteiger partial charge in [-0.3, -0.25) is 0 Å². The predicted molar refractivity (Wildman–Crippen MR) is 242 cm³/mol. The van der Waals surface area contributed by atoms with Crippen molar-refractivity contribution in [3.63, 3.8) is 0 Å². The van der Waals surface area contributed by atoms with Crippen LogP contribution in [0.15, 0.2) is 115 Å². The summed E-state index contributed by atoms with van der Waals surface area (Å²) < 4.78 is 23.8. The van der Waals surface area contributed by atoms with E-state index in [2.05, 4.69) is 36.4 Å². The minimum absolute atomic E-state index is 0.179. The number of rotatable bonds is 29. The van der Waals surface area contributed by atoms with Crippen molar-refractivity contribution in [1.82, 2.24) is 0 Å². The van der Waals surface area contributed by atoms with E-state index >= 15 is 0 Å². The van der Waals surface area contributed by atoms with Crippen molar-refractivity contribution in [2.24, 2.45) is 0 Å². The Balaban J connectivity index is 0.824. The van der Waals surface area contributed by atoms with Crippen molar-refractivity contribution in [2.75, 3.05) is 26.4 Å². The maximum absolute atomic E-state index is 11.8. The zero-order valence-corrected chi connectivity index (χ0v) is 35.5. The summed E-state index contributed by atoms with van der Waals surface area (Å²) in [5.41, 5.74) is 5.88. The average molecular weight is 821 g/mol. The predicted octanol–water partition coefficient (Wildman–Crippen LogP) is 13.6. The summed E-state index contributed by atoms with van der Waals surface area (Å²) >= 11 is 0. The van der Waals surface area contributed by atoms with Crippen molar-refractivity contribution < 1.29 is 28.8 Å². The van der Waals surface area contributed by atoms with Gasteiger partial charge in [-0.2, -0.15) is 10.5 Å². The van der Waals surface area contributed by atoms with Crippen LogP contribution in [0.5, 0.6) is 23.0 Å². The normalized spacial score (nSPS) is 10.7. The second-order valence-electron chi connectivity index (χ2n) is 15.5. The van der Waals surface area contributed by atoms with Gasteiger partial charge in [0.1, 0.15) is 23.0 Å². The molecular formula is C53H60N2O6. The topological polar surface area (TPSA) is 122 Å². The summed E-state index contributed by atoms with van der Waals surface area (Å²) in [5, 5.41) is 27.6. The molecule has 0 aromatic heterocycles. The number of nitriles is 2. The van der Waals surface area contributed by atoms with Gasteiger partial charge >= 0.3 is 5.97 Å². The molecule has 0 saturated carbocycles. The zero-order valence-electron chi connectivity index (χ0n) is 35.5. The fourth-order valence-electron chi connectivity index (χ4n) is 7.11. The largest absolute Gasteiger partial charge is 0.494 e. The lowest BCUT2D eigenvalue weighted by molar-refractivity contribution is 0.0695. The summed E-state index contributed by atoms with van der Waals surface area (Å²) in [6.45, 7) is 2.53. The summed E-state index contributed by atoms with van der Waals surface area (Å²) in [7, 11) is 0. The first-order valence-corrected chi connectivity index (χ1v) is 22.1. The van der Waals surface area contributed by atoms with Gasteiger partial charge in [-0.05, 0) is 109 Å². The number of hydrogen-bond acceptors (Lipinski definition) is 7. The average Bonchev–Trinajstić information content (AvgIpc) is 3.30. The van der Waals surface area contributed by atoms with Crippen LogP contribution in [0.25, 0.3) is 22.3 Å². The molecule has 0 unspecified atom stereocenters. The molecule has 0 atom stereocenters. The van der Waals surface area contributed by atoms with E-state index in [1.165, 1.54) is 38.5 Å². The molecule has 0 amide bonds. The molecule has 5 aromatic carbocycles. The quantitative estimate of drug-likeness (QED) is 0.0473. The van der Waals surface area contributed by atoms with Crippen LogP contribution < -0.4 is 18.9 Å². The van der Waals surface area contributed by atoms with Crippen LogP contribution in [0, 0.1) is 22.7 Å². The highest BCUT2D eigenvalue weighted by Gasteiger charge is 2.10. The maximum atomic E-state index is 11.8. The van der Waals surface area contributed by atoms with Crippen LogP contribution in [-0.2, 0) is 0 Å². The Morgan fingerprint density at radius 2 is 0.639 bits per heavy atom. The minimum atomic E-state index is -0.988. The summed E-state index contributed by atoms with van der Waals surface area (Å²) in [4.78, 5) is 11.8. The van der Waals surface area contributed by atoms with Gasteiger partial charge in [0.25, 0.3) is 0 Å². The Kier molecular flexibility index (Phi) is 20.1. The molecule has 61 heavy (non-hydrogen) atoms. The van der Waals surface area contributed by atoms with Gasteiger partial charge in [-0.25, -0.2) is 4.79 Å². The first kappa shape index (κ1) is 45.8. The van der Waals surface area contributed by atoms with E-state index in [-0.39, 0.29) is 5.56 Å². The Hall–Kier alpha value is -6.25. The van der Waals surface area contributed by atoms with E-state index in [1.54, 1.807) is 18.2 Å². The molecule has 5 rings (SSSR count). The lowest BCUT2D eigenvalue weighted by atomic mass is 10.0. The summed E-state index contributed by atoms with van der Waals surface area (Å²) in [6, 6.07) is 40.7. The second-order valence-corrected chi connectivity index (χ2v) is 15.5. The lowest BCUT2D eigenvalue weighted by Crippen LogP contribution is -2.03. The number of aromatic carboxylic acids is 1. The van der Waals surface area contributed by atoms with Crippen molar-refractivity contribution in [2.45, 2.75) is 103 Å². The Morgan fingerprint density at radius 1 is 0.377 bits per heavy atom. The molecule has 0 radical (unpaired) electrons. The van der Waals surface area contributed by atoms with E-state index in [0.717, 1.165) is 98.0 Å². The Bertz CT molecular complexity index is 1960. The first-order chi connectivity index (χ1) is 30.0. The third-order valence-corrected chi connectivity index (χ3v) is 10.7. The van der Waals surface area contributed by atoms with Crippen molar-refractivity contribution in [1.29, 1.82) is 10.5 Å². The Morgan fingerprint density at radius 3 is 0.918 bits per heavy atom. The highest BCUT2D eigenvalue weighted by molar-refractivity contribution is 5.88. The lowest BCUT2D eigenvalue weighted by Gasteiger charge is -2.11. The molecule has 8 heteroatoms. The molecule has 318 valence electrons. The van der Waals surface area contributed by atoms with Gasteiger partial charge in [0.15, 0.2) is 0 Å². The smallest absolute Gasteiger partial charge is 0.335 e. The van der Waals surface area contributed by atoms with Crippen molar-refractivity contribution in [3.8, 4) is 57.4 Å². The SMILES string of the molecule is N#Cc1ccc(-c2ccc(OCCCCCCCCCCOc3cc(OCCCCCCCCCCOc4ccc(-c5ccc(C#N)cc5)cc4)cc(C(=O)O)c3)cc2)cc1. The third-order valence-electron chi connectivity index (χ3n) is 10.7. The fraction of sp³-hybridized carbons (Fsp3) is 0.377. The first-order valence-electron chi connectivity index (χ1n) is 22.1. The number of carboxylic acids is 1. The maximum Gasteiger partial charge on any atom is 0.335 e. The molecule has 0 aliphatic heterocycles. The molecule has 0 aliphatic carbocycles. The monoisotopic (exact) mass is 820 g/mol. The molecular weight excluding hydrogens is 761 g/mol. The van der Waals surface area contributed by atoms with Crippen LogP contribution in [0.3, 0.4) is 0 Å². The van der Waals surface area contributed by atoms with Crippen LogP contribution in [0.4, 0.5) is 0 Å². The standard InChI is InChI=1S/C53H60N2O6/c54-40-42-17-21-44(22-18-42)46-25-29-49(30-26-46)58-33-13-9-5-1-3-7-11-15-35-60-51-37-48(53(56)57)38-52(39-51)61-36-16-12-8-4-2-6-10-14-34-59-50-31-27-47(28-32-50)45-23-19-43(41-55)20-24-45/h17-32,37-39H,1-16,33-36H2,(H,56,57). The van der Waals surface area contributed by atoms with Crippen LogP contribution in [0.2, 0.25) is 0 Å². The number of nitrogens with zero attached hydrogens (tertiary/aromatic N) is 2. The van der Waals surface area contributed by atoms with Gasteiger partial charge in [-0.1, -0.05) is 126 Å². The number of benzene rings is 5. The molecule has 1 N–H and O–H groups in total. The number of unbranched alkanes of at least 4 members (excludes halogenated alkanes) is 14. The van der Waals surface area contributed by atoms with Gasteiger partial charge in [0.2, 0.25) is 0 Å². The fourth-order valence-corrected chi connectivity index (χ4v) is 7.11. The van der Waals surface area contributed by atoms with E-state index in [0.29, 0.717) is 49.1 Å². The zero-order chi connectivity index (χ0) is 42.7.